The Labute approximate surface area is 154 Å². The fourth-order valence-electron chi connectivity index (χ4n) is 3.78. The summed E-state index contributed by atoms with van der Waals surface area (Å²) in [5.74, 6) is 0.284. The van der Waals surface area contributed by atoms with Crippen molar-refractivity contribution in [2.75, 3.05) is 20.8 Å². The Balaban J connectivity index is 1.94. The molecular formula is C17H16Cl2N2O4. The van der Waals surface area contributed by atoms with Crippen molar-refractivity contribution in [3.05, 3.63) is 33.4 Å². The Morgan fingerprint density at radius 3 is 2.76 bits per heavy atom. The lowest BCUT2D eigenvalue weighted by molar-refractivity contribution is -0.201. The quantitative estimate of drug-likeness (QED) is 0.795. The maximum atomic E-state index is 12.7. The van der Waals surface area contributed by atoms with Crippen LogP contribution in [0.3, 0.4) is 0 Å². The van der Waals surface area contributed by atoms with E-state index in [4.69, 9.17) is 37.4 Å². The molecule has 3 heterocycles. The second-order valence-corrected chi connectivity index (χ2v) is 6.82. The molecule has 1 saturated heterocycles. The number of pyridine rings is 1. The molecule has 1 amide bonds. The first kappa shape index (κ1) is 16.8. The zero-order valence-corrected chi connectivity index (χ0v) is 15.4. The topological polar surface area (TPSA) is 60.9 Å². The first-order chi connectivity index (χ1) is 12.0. The number of fused-ring (bicyclic) bond motifs is 5. The number of carbonyl (C=O) groups is 1. The number of hydrogen-bond acceptors (Lipinski definition) is 5. The molecule has 1 aromatic carbocycles. The molecule has 0 unspecified atom stereocenters. The maximum Gasteiger partial charge on any atom is 0.280 e. The number of carbonyl (C=O) groups excluding carboxylic acids is 1. The van der Waals surface area contributed by atoms with Gasteiger partial charge in [0.05, 0.1) is 36.3 Å². The Kier molecular flexibility index (Phi) is 4.03. The molecule has 2 aliphatic heterocycles. The molecule has 0 aliphatic carbocycles. The molecule has 25 heavy (non-hydrogen) atoms. The van der Waals surface area contributed by atoms with E-state index in [1.807, 2.05) is 13.0 Å². The van der Waals surface area contributed by atoms with E-state index >= 15 is 0 Å². The smallest absolute Gasteiger partial charge is 0.280 e. The largest absolute Gasteiger partial charge is 0.495 e. The van der Waals surface area contributed by atoms with E-state index in [0.717, 1.165) is 16.5 Å². The second kappa shape index (κ2) is 5.99. The van der Waals surface area contributed by atoms with E-state index in [-0.39, 0.29) is 18.0 Å². The van der Waals surface area contributed by atoms with Crippen molar-refractivity contribution in [1.82, 2.24) is 9.88 Å². The molecule has 0 N–H and O–H groups in total. The molecule has 1 fully saturated rings. The van der Waals surface area contributed by atoms with Crippen molar-refractivity contribution < 1.29 is 19.0 Å². The Hall–Kier alpha value is -1.60. The van der Waals surface area contributed by atoms with Crippen LogP contribution in [-0.2, 0) is 14.3 Å². The van der Waals surface area contributed by atoms with Gasteiger partial charge in [0.25, 0.3) is 5.91 Å². The summed E-state index contributed by atoms with van der Waals surface area (Å²) in [6.07, 6.45) is 0.872. The summed E-state index contributed by atoms with van der Waals surface area (Å²) in [5, 5.41) is 1.49. The highest BCUT2D eigenvalue weighted by molar-refractivity contribution is 6.46. The number of benzene rings is 1. The number of rotatable bonds is 2. The number of nitrogens with zero attached hydrogens (tertiary/aromatic N) is 2. The van der Waals surface area contributed by atoms with Crippen LogP contribution in [0.1, 0.15) is 30.1 Å². The maximum absolute atomic E-state index is 12.7. The number of morpholine rings is 1. The van der Waals surface area contributed by atoms with Crippen LogP contribution < -0.4 is 4.74 Å². The molecule has 0 saturated carbocycles. The molecule has 2 aliphatic rings. The second-order valence-electron chi connectivity index (χ2n) is 6.07. The van der Waals surface area contributed by atoms with Crippen LogP contribution in [0.4, 0.5) is 0 Å². The van der Waals surface area contributed by atoms with Gasteiger partial charge >= 0.3 is 0 Å². The number of hydrogen-bond donors (Lipinski definition) is 0. The minimum atomic E-state index is -0.875. The number of halogens is 2. The Morgan fingerprint density at radius 1 is 1.32 bits per heavy atom. The third-order valence-corrected chi connectivity index (χ3v) is 5.75. The van der Waals surface area contributed by atoms with Gasteiger partial charge in [-0.3, -0.25) is 9.78 Å². The van der Waals surface area contributed by atoms with Crippen LogP contribution >= 0.6 is 23.2 Å². The van der Waals surface area contributed by atoms with Gasteiger partial charge in [-0.1, -0.05) is 23.2 Å². The van der Waals surface area contributed by atoms with E-state index < -0.39 is 6.29 Å². The summed E-state index contributed by atoms with van der Waals surface area (Å²) >= 11 is 12.6. The van der Waals surface area contributed by atoms with Crippen molar-refractivity contribution in [2.24, 2.45) is 0 Å². The van der Waals surface area contributed by atoms with Crippen molar-refractivity contribution in [3.63, 3.8) is 0 Å². The molecule has 0 radical (unpaired) electrons. The fourth-order valence-corrected chi connectivity index (χ4v) is 4.24. The minimum Gasteiger partial charge on any atom is -0.495 e. The Bertz CT molecular complexity index is 889. The molecule has 0 spiro atoms. The third-order valence-electron chi connectivity index (χ3n) is 4.91. The van der Waals surface area contributed by atoms with Crippen molar-refractivity contribution in [3.8, 4) is 5.75 Å². The standard InChI is InChI=1S/C17H16Cl2N2O4/c1-7-12-8-4-11(23-2)13(18)14(19)15(8)20-5-9(12)10-6-25-17(24-3)16(22)21(7)10/h4-5,7,10,17H,6H2,1-3H3/t7-,10-,17+/m0/s1. The summed E-state index contributed by atoms with van der Waals surface area (Å²) in [6.45, 7) is 2.33. The first-order valence-corrected chi connectivity index (χ1v) is 8.56. The predicted octanol–water partition coefficient (Wildman–Crippen LogP) is 3.50. The SMILES string of the molecule is COc1cc2c3c(cnc2c(Cl)c1Cl)[C@@H]1CO[C@@H](OC)C(=O)N1[C@H]3C. The summed E-state index contributed by atoms with van der Waals surface area (Å²) in [7, 11) is 2.99. The third kappa shape index (κ3) is 2.25. The number of methoxy groups -OCH3 is 2. The summed E-state index contributed by atoms with van der Waals surface area (Å²) in [6, 6.07) is 1.46. The van der Waals surface area contributed by atoms with Gasteiger partial charge in [0.2, 0.25) is 6.29 Å². The molecule has 2 aromatic rings. The zero-order chi connectivity index (χ0) is 17.9. The van der Waals surface area contributed by atoms with E-state index in [0.29, 0.717) is 27.9 Å². The molecule has 4 rings (SSSR count). The Morgan fingerprint density at radius 2 is 2.08 bits per heavy atom. The minimum absolute atomic E-state index is 0.165. The van der Waals surface area contributed by atoms with Gasteiger partial charge < -0.3 is 19.1 Å². The van der Waals surface area contributed by atoms with Crippen LogP contribution in [0.15, 0.2) is 12.3 Å². The van der Waals surface area contributed by atoms with Gasteiger partial charge in [-0.25, -0.2) is 0 Å². The van der Waals surface area contributed by atoms with Crippen LogP contribution in [-0.4, -0.2) is 42.9 Å². The first-order valence-electron chi connectivity index (χ1n) is 7.80. The molecule has 1 aromatic heterocycles. The highest BCUT2D eigenvalue weighted by Gasteiger charge is 2.46. The molecule has 132 valence electrons. The van der Waals surface area contributed by atoms with Crippen LogP contribution in [0.5, 0.6) is 5.75 Å². The van der Waals surface area contributed by atoms with E-state index in [1.165, 1.54) is 14.2 Å². The lowest BCUT2D eigenvalue weighted by Gasteiger charge is -2.36. The van der Waals surface area contributed by atoms with E-state index in [9.17, 15) is 4.79 Å². The fraction of sp³-hybridized carbons (Fsp3) is 0.412. The zero-order valence-electron chi connectivity index (χ0n) is 13.9. The predicted molar refractivity (Wildman–Crippen MR) is 93.1 cm³/mol. The van der Waals surface area contributed by atoms with Gasteiger partial charge in [-0.2, -0.15) is 0 Å². The van der Waals surface area contributed by atoms with Crippen molar-refractivity contribution in [2.45, 2.75) is 25.3 Å². The molecule has 8 heteroatoms. The van der Waals surface area contributed by atoms with Crippen molar-refractivity contribution >= 4 is 40.0 Å². The summed E-state index contributed by atoms with van der Waals surface area (Å²) < 4.78 is 16.0. The van der Waals surface area contributed by atoms with Gasteiger partial charge in [-0.15, -0.1) is 0 Å². The van der Waals surface area contributed by atoms with Crippen LogP contribution in [0, 0.1) is 0 Å². The number of aromatic nitrogens is 1. The molecule has 0 bridgehead atoms. The lowest BCUT2D eigenvalue weighted by atomic mass is 9.99. The average Bonchev–Trinajstić information content (AvgIpc) is 2.91. The van der Waals surface area contributed by atoms with E-state index in [2.05, 4.69) is 4.98 Å². The molecule has 3 atom stereocenters. The normalized spacial score (nSPS) is 25.2. The van der Waals surface area contributed by atoms with Gasteiger partial charge in [0, 0.05) is 24.3 Å². The average molecular weight is 383 g/mol. The highest BCUT2D eigenvalue weighted by Crippen LogP contribution is 2.49. The van der Waals surface area contributed by atoms with Crippen LogP contribution in [0.25, 0.3) is 10.9 Å². The summed E-state index contributed by atoms with van der Waals surface area (Å²) in [5.41, 5.74) is 2.53. The van der Waals surface area contributed by atoms with Gasteiger partial charge in [0.1, 0.15) is 10.8 Å². The highest BCUT2D eigenvalue weighted by atomic mass is 35.5. The van der Waals surface area contributed by atoms with Crippen LogP contribution in [0.2, 0.25) is 10.0 Å². The molecular weight excluding hydrogens is 367 g/mol. The molecule has 6 nitrogen and oxygen atoms in total. The lowest BCUT2D eigenvalue weighted by Crippen LogP contribution is -2.48. The number of amides is 1. The van der Waals surface area contributed by atoms with Gasteiger partial charge in [-0.05, 0) is 18.6 Å². The van der Waals surface area contributed by atoms with E-state index in [1.54, 1.807) is 11.1 Å². The summed E-state index contributed by atoms with van der Waals surface area (Å²) in [4.78, 5) is 19.0. The van der Waals surface area contributed by atoms with Crippen molar-refractivity contribution in [1.29, 1.82) is 0 Å². The number of ether oxygens (including phenoxy) is 3. The van der Waals surface area contributed by atoms with Gasteiger partial charge in [0.15, 0.2) is 0 Å². The monoisotopic (exact) mass is 382 g/mol.